The quantitative estimate of drug-likeness (QED) is 0.794. The lowest BCUT2D eigenvalue weighted by Gasteiger charge is -2.13. The molecule has 8 heteroatoms. The van der Waals surface area contributed by atoms with Gasteiger partial charge in [-0.2, -0.15) is 0 Å². The first-order valence-corrected chi connectivity index (χ1v) is 9.93. The first-order chi connectivity index (χ1) is 13.5. The predicted octanol–water partition coefficient (Wildman–Crippen LogP) is 3.77. The topological polar surface area (TPSA) is 93.7 Å². The number of carbonyl (C=O) groups is 3. The Morgan fingerprint density at radius 1 is 1.11 bits per heavy atom. The second-order valence-corrected chi connectivity index (χ2v) is 7.35. The van der Waals surface area contributed by atoms with Crippen LogP contribution in [0.25, 0.3) is 0 Å². The van der Waals surface area contributed by atoms with Crippen LogP contribution in [0.4, 0.5) is 9.80 Å². The average molecular weight is 402 g/mol. The summed E-state index contributed by atoms with van der Waals surface area (Å²) in [6, 6.07) is 6.87. The molecule has 1 aliphatic carbocycles. The van der Waals surface area contributed by atoms with Gasteiger partial charge in [0.25, 0.3) is 11.8 Å². The van der Waals surface area contributed by atoms with E-state index < -0.39 is 12.0 Å². The normalized spacial score (nSPS) is 12.6. The predicted molar refractivity (Wildman–Crippen MR) is 106 cm³/mol. The van der Waals surface area contributed by atoms with E-state index in [1.54, 1.807) is 31.2 Å². The number of hydrogen-bond acceptors (Lipinski definition) is 6. The van der Waals surface area contributed by atoms with Gasteiger partial charge in [0.1, 0.15) is 10.8 Å². The van der Waals surface area contributed by atoms with Crippen molar-refractivity contribution < 1.29 is 23.9 Å². The Bertz CT molecular complexity index is 906. The fourth-order valence-corrected chi connectivity index (χ4v) is 4.50. The number of benzene rings is 1. The number of hydrogen-bond donors (Lipinski definition) is 2. The van der Waals surface area contributed by atoms with Crippen LogP contribution in [0.5, 0.6) is 5.75 Å². The third-order valence-corrected chi connectivity index (χ3v) is 5.68. The fraction of sp³-hybridized carbons (Fsp3) is 0.350. The molecule has 0 radical (unpaired) electrons. The van der Waals surface area contributed by atoms with E-state index in [1.165, 1.54) is 18.4 Å². The third-order valence-electron chi connectivity index (χ3n) is 4.47. The van der Waals surface area contributed by atoms with Crippen molar-refractivity contribution >= 4 is 34.2 Å². The third kappa shape index (κ3) is 4.17. The summed E-state index contributed by atoms with van der Waals surface area (Å²) >= 11 is 1.38. The number of imide groups is 1. The highest BCUT2D eigenvalue weighted by Crippen LogP contribution is 2.38. The van der Waals surface area contributed by atoms with Crippen LogP contribution in [-0.2, 0) is 17.6 Å². The highest BCUT2D eigenvalue weighted by atomic mass is 32.1. The maximum Gasteiger partial charge on any atom is 0.414 e. The van der Waals surface area contributed by atoms with Gasteiger partial charge in [-0.3, -0.25) is 14.9 Å². The van der Waals surface area contributed by atoms with Crippen LogP contribution in [0, 0.1) is 0 Å². The van der Waals surface area contributed by atoms with Crippen molar-refractivity contribution in [3.63, 3.8) is 0 Å². The maximum absolute atomic E-state index is 12.8. The first-order valence-electron chi connectivity index (χ1n) is 9.12. The van der Waals surface area contributed by atoms with Gasteiger partial charge in [-0.1, -0.05) is 12.1 Å². The molecule has 7 nitrogen and oxygen atoms in total. The van der Waals surface area contributed by atoms with Gasteiger partial charge in [0.15, 0.2) is 0 Å². The number of nitrogens with one attached hydrogen (secondary N) is 2. The molecule has 0 fully saturated rings. The summed E-state index contributed by atoms with van der Waals surface area (Å²) in [7, 11) is 1.49. The molecule has 3 rings (SSSR count). The van der Waals surface area contributed by atoms with Gasteiger partial charge in [0.2, 0.25) is 0 Å². The molecule has 0 unspecified atom stereocenters. The van der Waals surface area contributed by atoms with Crippen LogP contribution >= 0.6 is 11.3 Å². The van der Waals surface area contributed by atoms with Crippen molar-refractivity contribution in [1.82, 2.24) is 5.32 Å². The van der Waals surface area contributed by atoms with Gasteiger partial charge in [-0.05, 0) is 50.3 Å². The summed E-state index contributed by atoms with van der Waals surface area (Å²) in [6.45, 7) is 1.83. The minimum Gasteiger partial charge on any atom is -0.496 e. The summed E-state index contributed by atoms with van der Waals surface area (Å²) in [4.78, 5) is 38.3. The van der Waals surface area contributed by atoms with Crippen LogP contribution in [0.1, 0.15) is 50.9 Å². The molecule has 1 aliphatic rings. The van der Waals surface area contributed by atoms with Crippen molar-refractivity contribution in [3.8, 4) is 5.75 Å². The van der Waals surface area contributed by atoms with Crippen molar-refractivity contribution in [2.24, 2.45) is 0 Å². The smallest absolute Gasteiger partial charge is 0.414 e. The number of para-hydroxylation sites is 1. The molecule has 0 aliphatic heterocycles. The number of amides is 3. The number of methoxy groups -OCH3 is 1. The van der Waals surface area contributed by atoms with E-state index in [1.807, 2.05) is 0 Å². The minimum atomic E-state index is -0.801. The zero-order valence-corrected chi connectivity index (χ0v) is 16.6. The first kappa shape index (κ1) is 19.9. The van der Waals surface area contributed by atoms with Gasteiger partial charge >= 0.3 is 6.09 Å². The number of anilines is 1. The molecule has 28 heavy (non-hydrogen) atoms. The number of aryl methyl sites for hydroxylation is 1. The second-order valence-electron chi connectivity index (χ2n) is 6.24. The summed E-state index contributed by atoms with van der Waals surface area (Å²) in [6.07, 6.45) is 2.78. The van der Waals surface area contributed by atoms with E-state index in [0.29, 0.717) is 21.9 Å². The van der Waals surface area contributed by atoms with Crippen LogP contribution in [0.2, 0.25) is 0 Å². The van der Waals surface area contributed by atoms with E-state index in [9.17, 15) is 14.4 Å². The van der Waals surface area contributed by atoms with Gasteiger partial charge in [0.05, 0.1) is 24.8 Å². The van der Waals surface area contributed by atoms with Crippen LogP contribution in [-0.4, -0.2) is 31.6 Å². The minimum absolute atomic E-state index is 0.165. The fourth-order valence-electron chi connectivity index (χ4n) is 3.22. The summed E-state index contributed by atoms with van der Waals surface area (Å²) in [5.41, 5.74) is 1.61. The number of rotatable bonds is 5. The molecule has 1 heterocycles. The van der Waals surface area contributed by atoms with Crippen LogP contribution in [0.3, 0.4) is 0 Å². The zero-order valence-electron chi connectivity index (χ0n) is 15.8. The monoisotopic (exact) mass is 402 g/mol. The van der Waals surface area contributed by atoms with Crippen molar-refractivity contribution in [2.75, 3.05) is 19.0 Å². The summed E-state index contributed by atoms with van der Waals surface area (Å²) in [5, 5.41) is 5.51. The lowest BCUT2D eigenvalue weighted by atomic mass is 9.95. The van der Waals surface area contributed by atoms with Gasteiger partial charge in [-0.25, -0.2) is 4.79 Å². The molecule has 0 atom stereocenters. The molecule has 2 N–H and O–H groups in total. The highest BCUT2D eigenvalue weighted by molar-refractivity contribution is 7.17. The number of alkyl carbamates (subject to hydrolysis) is 1. The Hall–Kier alpha value is -2.87. The Morgan fingerprint density at radius 2 is 1.86 bits per heavy atom. The largest absolute Gasteiger partial charge is 0.496 e. The number of ether oxygens (including phenoxy) is 2. The van der Waals surface area contributed by atoms with E-state index in [-0.39, 0.29) is 12.5 Å². The average Bonchev–Trinajstić information content (AvgIpc) is 3.05. The SMILES string of the molecule is CCOC(=O)NC(=O)c1c(NC(=O)c2ccccc2OC)sc2c1CCCC2. The molecule has 1 aromatic heterocycles. The van der Waals surface area contributed by atoms with Crippen LogP contribution in [0.15, 0.2) is 24.3 Å². The molecular weight excluding hydrogens is 380 g/mol. The van der Waals surface area contributed by atoms with E-state index in [4.69, 9.17) is 9.47 Å². The second kappa shape index (κ2) is 8.88. The molecule has 2 aromatic rings. The van der Waals surface area contributed by atoms with Crippen molar-refractivity contribution in [1.29, 1.82) is 0 Å². The van der Waals surface area contributed by atoms with Gasteiger partial charge in [-0.15, -0.1) is 11.3 Å². The van der Waals surface area contributed by atoms with Crippen LogP contribution < -0.4 is 15.4 Å². The summed E-state index contributed by atoms with van der Waals surface area (Å²) < 4.78 is 10.0. The standard InChI is InChI=1S/C20H22N2O5S/c1-3-27-20(25)22-18(24)16-13-9-5-7-11-15(13)28-19(16)21-17(23)12-8-4-6-10-14(12)26-2/h4,6,8,10H,3,5,7,9,11H2,1-2H3,(H,21,23)(H,22,24,25). The Morgan fingerprint density at radius 3 is 2.61 bits per heavy atom. The van der Waals surface area contributed by atoms with Crippen molar-refractivity contribution in [2.45, 2.75) is 32.6 Å². The van der Waals surface area contributed by atoms with Gasteiger partial charge in [0, 0.05) is 4.88 Å². The Labute approximate surface area is 167 Å². The zero-order chi connectivity index (χ0) is 20.1. The Kier molecular flexibility index (Phi) is 6.30. The molecule has 0 spiro atoms. The molecule has 1 aromatic carbocycles. The van der Waals surface area contributed by atoms with Crippen molar-refractivity contribution in [3.05, 3.63) is 45.8 Å². The van der Waals surface area contributed by atoms with E-state index in [2.05, 4.69) is 10.6 Å². The lowest BCUT2D eigenvalue weighted by molar-refractivity contribution is 0.0925. The molecular formula is C20H22N2O5S. The van der Waals surface area contributed by atoms with E-state index in [0.717, 1.165) is 36.1 Å². The molecule has 0 saturated heterocycles. The molecule has 0 bridgehead atoms. The highest BCUT2D eigenvalue weighted by Gasteiger charge is 2.28. The van der Waals surface area contributed by atoms with E-state index >= 15 is 0 Å². The number of fused-ring (bicyclic) bond motifs is 1. The number of thiophene rings is 1. The molecule has 148 valence electrons. The van der Waals surface area contributed by atoms with Gasteiger partial charge < -0.3 is 14.8 Å². The lowest BCUT2D eigenvalue weighted by Crippen LogP contribution is -2.32. The molecule has 0 saturated carbocycles. The maximum atomic E-state index is 12.8. The Balaban J connectivity index is 1.92. The number of carbonyl (C=O) groups excluding carboxylic acids is 3. The molecule has 3 amide bonds. The summed E-state index contributed by atoms with van der Waals surface area (Å²) in [5.74, 6) is -0.492.